The molecule has 1 aromatic carbocycles. The van der Waals surface area contributed by atoms with Gasteiger partial charge in [0.05, 0.1) is 23.1 Å². The Bertz CT molecular complexity index is 992. The van der Waals surface area contributed by atoms with Crippen LogP contribution in [0.1, 0.15) is 23.2 Å². The molecule has 0 bridgehead atoms. The first kappa shape index (κ1) is 19.0. The number of nitrogens with zero attached hydrogens (tertiary/aromatic N) is 4. The van der Waals surface area contributed by atoms with Crippen LogP contribution in [0.15, 0.2) is 55.0 Å². The van der Waals surface area contributed by atoms with Crippen LogP contribution in [-0.4, -0.2) is 45.0 Å². The summed E-state index contributed by atoms with van der Waals surface area (Å²) in [5.41, 5.74) is 2.49. The minimum atomic E-state index is -4.73. The summed E-state index contributed by atoms with van der Waals surface area (Å²) in [5.74, 6) is -0.313. The van der Waals surface area contributed by atoms with E-state index in [1.807, 2.05) is 4.90 Å². The summed E-state index contributed by atoms with van der Waals surface area (Å²) in [6.07, 6.45) is 2.19. The van der Waals surface area contributed by atoms with Gasteiger partial charge in [0.2, 0.25) is 0 Å². The van der Waals surface area contributed by atoms with Gasteiger partial charge in [0.25, 0.3) is 5.91 Å². The number of carbonyl (C=O) groups excluding carboxylic acids is 1. The number of carbonyl (C=O) groups is 1. The van der Waals surface area contributed by atoms with Gasteiger partial charge in [0, 0.05) is 31.0 Å². The summed E-state index contributed by atoms with van der Waals surface area (Å²) in [5, 5.41) is 4.23. The van der Waals surface area contributed by atoms with Crippen LogP contribution in [0.3, 0.4) is 0 Å². The van der Waals surface area contributed by atoms with Crippen LogP contribution in [0, 0.1) is 0 Å². The average molecular weight is 402 g/mol. The lowest BCUT2D eigenvalue weighted by molar-refractivity contribution is -0.274. The summed E-state index contributed by atoms with van der Waals surface area (Å²) < 4.78 is 42.1. The molecule has 1 saturated heterocycles. The van der Waals surface area contributed by atoms with Gasteiger partial charge in [0.15, 0.2) is 0 Å². The molecule has 0 aliphatic carbocycles. The Morgan fingerprint density at radius 1 is 1.00 bits per heavy atom. The molecule has 29 heavy (non-hydrogen) atoms. The third-order valence-corrected chi connectivity index (χ3v) is 4.62. The molecule has 1 aliphatic heterocycles. The van der Waals surface area contributed by atoms with Crippen molar-refractivity contribution in [1.29, 1.82) is 0 Å². The van der Waals surface area contributed by atoms with E-state index < -0.39 is 6.36 Å². The monoisotopic (exact) mass is 402 g/mol. The molecular formula is C20H17F3N4O2. The maximum atomic E-state index is 12.4. The Labute approximate surface area is 164 Å². The second-order valence-electron chi connectivity index (χ2n) is 6.65. The highest BCUT2D eigenvalue weighted by molar-refractivity contribution is 5.94. The number of aromatic nitrogens is 3. The van der Waals surface area contributed by atoms with Crippen molar-refractivity contribution in [1.82, 2.24) is 19.7 Å². The van der Waals surface area contributed by atoms with Crippen LogP contribution in [0.5, 0.6) is 5.75 Å². The largest absolute Gasteiger partial charge is 0.573 e. The summed E-state index contributed by atoms with van der Waals surface area (Å²) in [6.45, 7) is 1.56. The second kappa shape index (κ2) is 7.57. The Morgan fingerprint density at radius 2 is 1.72 bits per heavy atom. The van der Waals surface area contributed by atoms with Crippen LogP contribution in [-0.2, 0) is 0 Å². The van der Waals surface area contributed by atoms with Crippen molar-refractivity contribution in [2.24, 2.45) is 0 Å². The molecule has 6 nitrogen and oxygen atoms in total. The molecule has 9 heteroatoms. The van der Waals surface area contributed by atoms with Crippen molar-refractivity contribution in [2.75, 3.05) is 13.1 Å². The van der Waals surface area contributed by atoms with Crippen LogP contribution >= 0.6 is 0 Å². The summed E-state index contributed by atoms with van der Waals surface area (Å²) in [4.78, 5) is 18.6. The number of amides is 1. The Kier molecular flexibility index (Phi) is 4.96. The molecule has 1 amide bonds. The molecule has 0 atom stereocenters. The van der Waals surface area contributed by atoms with E-state index in [0.29, 0.717) is 16.9 Å². The summed E-state index contributed by atoms with van der Waals surface area (Å²) in [7, 11) is 0. The Balaban J connectivity index is 1.48. The number of hydrogen-bond donors (Lipinski definition) is 0. The molecule has 4 rings (SSSR count). The van der Waals surface area contributed by atoms with Crippen molar-refractivity contribution in [3.05, 3.63) is 60.6 Å². The van der Waals surface area contributed by atoms with E-state index in [2.05, 4.69) is 14.8 Å². The molecule has 0 radical (unpaired) electrons. The number of pyridine rings is 1. The number of alkyl halides is 3. The van der Waals surface area contributed by atoms with Crippen molar-refractivity contribution >= 4 is 5.91 Å². The maximum absolute atomic E-state index is 12.4. The van der Waals surface area contributed by atoms with Gasteiger partial charge >= 0.3 is 6.36 Å². The molecule has 3 heterocycles. The maximum Gasteiger partial charge on any atom is 0.573 e. The fourth-order valence-corrected chi connectivity index (χ4v) is 3.19. The fourth-order valence-electron chi connectivity index (χ4n) is 3.19. The standard InChI is InChI=1S/C20H17F3N4O2/c21-20(22,23)29-17-6-4-16(5-7-17)27-13-15(12-25-27)18-8-3-14(11-24-18)19(28)26-9-1-2-10-26/h3-8,11-13H,1-2,9-10H2. The van der Waals surface area contributed by atoms with Crippen molar-refractivity contribution in [2.45, 2.75) is 19.2 Å². The van der Waals surface area contributed by atoms with Crippen molar-refractivity contribution < 1.29 is 22.7 Å². The van der Waals surface area contributed by atoms with Gasteiger partial charge < -0.3 is 9.64 Å². The smallest absolute Gasteiger partial charge is 0.406 e. The number of ether oxygens (including phenoxy) is 1. The molecular weight excluding hydrogens is 385 g/mol. The molecule has 3 aromatic rings. The summed E-state index contributed by atoms with van der Waals surface area (Å²) >= 11 is 0. The van der Waals surface area contributed by atoms with Crippen molar-refractivity contribution in [3.63, 3.8) is 0 Å². The lowest BCUT2D eigenvalue weighted by atomic mass is 10.2. The van der Waals surface area contributed by atoms with Gasteiger partial charge in [-0.25, -0.2) is 4.68 Å². The number of hydrogen-bond acceptors (Lipinski definition) is 4. The van der Waals surface area contributed by atoms with Gasteiger partial charge in [-0.3, -0.25) is 9.78 Å². The van der Waals surface area contributed by atoms with Gasteiger partial charge in [-0.2, -0.15) is 5.10 Å². The number of likely N-dealkylation sites (tertiary alicyclic amines) is 1. The number of benzene rings is 1. The SMILES string of the molecule is O=C(c1ccc(-c2cnn(-c3ccc(OC(F)(F)F)cc3)c2)nc1)N1CCCC1. The topological polar surface area (TPSA) is 60.3 Å². The van der Waals surface area contributed by atoms with E-state index in [4.69, 9.17) is 0 Å². The lowest BCUT2D eigenvalue weighted by Crippen LogP contribution is -2.27. The Morgan fingerprint density at radius 3 is 2.34 bits per heavy atom. The molecule has 2 aromatic heterocycles. The van der Waals surface area contributed by atoms with Crippen LogP contribution in [0.2, 0.25) is 0 Å². The predicted octanol–water partition coefficient (Wildman–Crippen LogP) is 4.07. The van der Waals surface area contributed by atoms with Gasteiger partial charge in [-0.1, -0.05) is 0 Å². The molecule has 150 valence electrons. The van der Waals surface area contributed by atoms with Crippen LogP contribution < -0.4 is 4.74 Å². The third-order valence-electron chi connectivity index (χ3n) is 4.62. The van der Waals surface area contributed by atoms with Crippen molar-refractivity contribution in [3.8, 4) is 22.7 Å². The molecule has 0 unspecified atom stereocenters. The molecule has 0 saturated carbocycles. The highest BCUT2D eigenvalue weighted by atomic mass is 19.4. The van der Waals surface area contributed by atoms with E-state index in [-0.39, 0.29) is 11.7 Å². The minimum Gasteiger partial charge on any atom is -0.406 e. The lowest BCUT2D eigenvalue weighted by Gasteiger charge is -2.14. The number of rotatable bonds is 4. The zero-order valence-corrected chi connectivity index (χ0v) is 15.3. The van der Waals surface area contributed by atoms with Gasteiger partial charge in [-0.15, -0.1) is 13.2 Å². The first-order valence-corrected chi connectivity index (χ1v) is 9.06. The van der Waals surface area contributed by atoms with E-state index in [0.717, 1.165) is 31.5 Å². The zero-order valence-electron chi connectivity index (χ0n) is 15.3. The van der Waals surface area contributed by atoms with Gasteiger partial charge in [0.1, 0.15) is 5.75 Å². The third kappa shape index (κ3) is 4.39. The zero-order chi connectivity index (χ0) is 20.4. The summed E-state index contributed by atoms with van der Waals surface area (Å²) in [6, 6.07) is 8.89. The molecule has 1 fully saturated rings. The van der Waals surface area contributed by atoms with Gasteiger partial charge in [-0.05, 0) is 49.2 Å². The fraction of sp³-hybridized carbons (Fsp3) is 0.250. The highest BCUT2D eigenvalue weighted by Crippen LogP contribution is 2.24. The average Bonchev–Trinajstić information content (AvgIpc) is 3.39. The highest BCUT2D eigenvalue weighted by Gasteiger charge is 2.31. The Hall–Kier alpha value is -3.36. The second-order valence-corrected chi connectivity index (χ2v) is 6.65. The molecule has 0 spiro atoms. The number of halogens is 3. The van der Waals surface area contributed by atoms with E-state index in [9.17, 15) is 18.0 Å². The first-order chi connectivity index (χ1) is 13.9. The van der Waals surface area contributed by atoms with Crippen LogP contribution in [0.25, 0.3) is 16.9 Å². The first-order valence-electron chi connectivity index (χ1n) is 9.06. The van der Waals surface area contributed by atoms with Crippen LogP contribution in [0.4, 0.5) is 13.2 Å². The quantitative estimate of drug-likeness (QED) is 0.660. The van der Waals surface area contributed by atoms with E-state index in [1.165, 1.54) is 28.9 Å². The predicted molar refractivity (Wildman–Crippen MR) is 98.6 cm³/mol. The molecule has 1 aliphatic rings. The normalized spacial score (nSPS) is 14.2. The van der Waals surface area contributed by atoms with E-state index >= 15 is 0 Å². The van der Waals surface area contributed by atoms with E-state index in [1.54, 1.807) is 30.7 Å². The minimum absolute atomic E-state index is 0.0154. The molecule has 0 N–H and O–H groups in total.